The number of aliphatic hydroxyl groups is 1. The van der Waals surface area contributed by atoms with E-state index in [0.29, 0.717) is 28.8 Å². The Morgan fingerprint density at radius 1 is 1.03 bits per heavy atom. The molecule has 0 aromatic carbocycles. The molecule has 0 heterocycles. The highest BCUT2D eigenvalue weighted by molar-refractivity contribution is 5.79. The maximum atomic E-state index is 11.3. The van der Waals surface area contributed by atoms with Gasteiger partial charge in [-0.2, -0.15) is 0 Å². The Morgan fingerprint density at radius 2 is 1.77 bits per heavy atom. The number of aliphatic imine (C=N–C) groups is 1. The molecule has 0 radical (unpaired) electrons. The molecular weight excluding hydrogens is 368 g/mol. The Balaban J connectivity index is 1.47. The average molecular weight is 415 g/mol. The van der Waals surface area contributed by atoms with Crippen LogP contribution in [0.25, 0.3) is 0 Å². The van der Waals surface area contributed by atoms with Gasteiger partial charge in [0.1, 0.15) is 0 Å². The highest BCUT2D eigenvalue weighted by Crippen LogP contribution is 2.88. The molecule has 0 unspecified atom stereocenters. The van der Waals surface area contributed by atoms with Crippen molar-refractivity contribution < 1.29 is 5.11 Å². The molecule has 0 amide bonds. The summed E-state index contributed by atoms with van der Waals surface area (Å²) in [6.07, 6.45) is 10.6. The third-order valence-corrected chi connectivity index (χ3v) is 12.1. The van der Waals surface area contributed by atoms with E-state index in [9.17, 15) is 5.11 Å². The molecule has 0 bridgehead atoms. The number of aliphatic hydroxyl groups excluding tert-OH is 1. The second kappa shape index (κ2) is 6.56. The van der Waals surface area contributed by atoms with E-state index in [4.69, 9.17) is 4.99 Å². The van der Waals surface area contributed by atoms with E-state index in [1.54, 1.807) is 0 Å². The van der Waals surface area contributed by atoms with Gasteiger partial charge in [0.25, 0.3) is 0 Å². The zero-order valence-corrected chi connectivity index (χ0v) is 20.6. The van der Waals surface area contributed by atoms with Crippen LogP contribution in [0.1, 0.15) is 92.9 Å². The van der Waals surface area contributed by atoms with Gasteiger partial charge in [-0.15, -0.1) is 0 Å². The van der Waals surface area contributed by atoms with Crippen molar-refractivity contribution in [3.8, 4) is 0 Å². The van der Waals surface area contributed by atoms with E-state index in [0.717, 1.165) is 24.2 Å². The minimum absolute atomic E-state index is 0.151. The Bertz CT molecular complexity index is 745. The van der Waals surface area contributed by atoms with Crippen LogP contribution in [0.3, 0.4) is 0 Å². The quantitative estimate of drug-likeness (QED) is 0.602. The van der Waals surface area contributed by atoms with E-state index in [2.05, 4.69) is 53.9 Å². The maximum Gasteiger partial charge on any atom is 0.0594 e. The molecule has 0 aliphatic heterocycles. The van der Waals surface area contributed by atoms with Gasteiger partial charge in [0.05, 0.1) is 12.1 Å². The zero-order chi connectivity index (χ0) is 21.7. The van der Waals surface area contributed by atoms with Crippen molar-refractivity contribution >= 4 is 5.71 Å². The normalized spacial score (nSPS) is 57.5. The van der Waals surface area contributed by atoms with Crippen LogP contribution in [0.15, 0.2) is 4.99 Å². The summed E-state index contributed by atoms with van der Waals surface area (Å²) in [5.74, 6) is 2.81. The summed E-state index contributed by atoms with van der Waals surface area (Å²) < 4.78 is 0. The van der Waals surface area contributed by atoms with Crippen molar-refractivity contribution in [1.82, 2.24) is 5.32 Å². The van der Waals surface area contributed by atoms with Gasteiger partial charge >= 0.3 is 0 Å². The molecule has 0 saturated heterocycles. The fourth-order valence-electron chi connectivity index (χ4n) is 10.7. The number of hydrogen-bond acceptors (Lipinski definition) is 3. The molecule has 0 aromatic rings. The van der Waals surface area contributed by atoms with Crippen LogP contribution in [0.2, 0.25) is 0 Å². The van der Waals surface area contributed by atoms with Crippen LogP contribution in [-0.4, -0.2) is 36.1 Å². The van der Waals surface area contributed by atoms with Crippen molar-refractivity contribution in [3.05, 3.63) is 0 Å². The van der Waals surface area contributed by atoms with Crippen LogP contribution in [0, 0.1) is 45.3 Å². The van der Waals surface area contributed by atoms with Gasteiger partial charge in [-0.3, -0.25) is 4.99 Å². The lowest BCUT2D eigenvalue weighted by atomic mass is 9.43. The summed E-state index contributed by atoms with van der Waals surface area (Å²) in [7, 11) is 2.07. The Morgan fingerprint density at radius 3 is 2.43 bits per heavy atom. The van der Waals surface area contributed by atoms with Gasteiger partial charge in [0.15, 0.2) is 0 Å². The molecule has 5 aliphatic carbocycles. The van der Waals surface area contributed by atoms with Gasteiger partial charge in [-0.05, 0) is 119 Å². The molecule has 3 heteroatoms. The number of hydrogen-bond donors (Lipinski definition) is 2. The molecule has 5 aliphatic rings. The molecule has 30 heavy (non-hydrogen) atoms. The minimum Gasteiger partial charge on any atom is -0.393 e. The lowest BCUT2D eigenvalue weighted by Crippen LogP contribution is -2.57. The first-order chi connectivity index (χ1) is 14.1. The van der Waals surface area contributed by atoms with E-state index in [1.807, 2.05) is 0 Å². The third-order valence-electron chi connectivity index (χ3n) is 12.1. The second-order valence-corrected chi connectivity index (χ2v) is 13.0. The van der Waals surface area contributed by atoms with E-state index in [-0.39, 0.29) is 16.9 Å². The topological polar surface area (TPSA) is 44.6 Å². The lowest BCUT2D eigenvalue weighted by Gasteiger charge is -2.62. The largest absolute Gasteiger partial charge is 0.393 e. The monoisotopic (exact) mass is 414 g/mol. The molecule has 11 atom stereocenters. The highest BCUT2D eigenvalue weighted by atomic mass is 16.3. The summed E-state index contributed by atoms with van der Waals surface area (Å²) in [6, 6.07) is 0.939. The first-order valence-electron chi connectivity index (χ1n) is 12.9. The predicted molar refractivity (Wildman–Crippen MR) is 125 cm³/mol. The van der Waals surface area contributed by atoms with Crippen molar-refractivity contribution in [2.45, 2.75) is 111 Å². The molecule has 2 N–H and O–H groups in total. The van der Waals surface area contributed by atoms with Gasteiger partial charge in [-0.25, -0.2) is 0 Å². The third kappa shape index (κ3) is 2.38. The molecule has 5 fully saturated rings. The molecule has 170 valence electrons. The molecule has 0 aromatic heterocycles. The molecule has 5 saturated carbocycles. The van der Waals surface area contributed by atoms with Crippen LogP contribution in [0.5, 0.6) is 0 Å². The Labute approximate surface area is 184 Å². The summed E-state index contributed by atoms with van der Waals surface area (Å²) in [6.45, 7) is 14.3. The van der Waals surface area contributed by atoms with Gasteiger partial charge in [0.2, 0.25) is 0 Å². The van der Waals surface area contributed by atoms with E-state index >= 15 is 0 Å². The summed E-state index contributed by atoms with van der Waals surface area (Å²) in [5.41, 5.74) is 2.98. The SMILES string of the molecule is CN[C@@H](C)[C@H]1[C@H](O)C[C@@]2(C)[C@@H]3CC[C@H]4[C@H](C)[C@@H](N=C(C)C)CC[C@@]45C[C@@]35CC[C@]12C. The van der Waals surface area contributed by atoms with Crippen molar-refractivity contribution in [3.63, 3.8) is 0 Å². The first kappa shape index (κ1) is 21.4. The van der Waals surface area contributed by atoms with Gasteiger partial charge < -0.3 is 10.4 Å². The number of rotatable bonds is 3. The predicted octanol–water partition coefficient (Wildman–Crippen LogP) is 5.46. The second-order valence-electron chi connectivity index (χ2n) is 13.0. The lowest BCUT2D eigenvalue weighted by molar-refractivity contribution is -0.131. The first-order valence-corrected chi connectivity index (χ1v) is 12.9. The molecule has 5 rings (SSSR count). The van der Waals surface area contributed by atoms with Gasteiger partial charge in [0, 0.05) is 17.7 Å². The van der Waals surface area contributed by atoms with Crippen LogP contribution < -0.4 is 5.32 Å². The van der Waals surface area contributed by atoms with Crippen molar-refractivity contribution in [2.75, 3.05) is 7.05 Å². The fourth-order valence-corrected chi connectivity index (χ4v) is 10.7. The smallest absolute Gasteiger partial charge is 0.0594 e. The standard InChI is InChI=1S/C27H46N2O/c1-16(2)29-20-10-11-26-15-27(26)13-12-24(5)23(18(4)28-7)21(30)14-25(24,6)22(27)9-8-19(26)17(20)3/h17-23,28,30H,8-15H2,1-7H3/t17-,18-,19-,20-,21+,22-,23-,24+,25-,26+,27-/m0/s1. The van der Waals surface area contributed by atoms with Crippen LogP contribution in [-0.2, 0) is 0 Å². The Kier molecular flexibility index (Phi) is 4.69. The van der Waals surface area contributed by atoms with Crippen LogP contribution in [0.4, 0.5) is 0 Å². The summed E-state index contributed by atoms with van der Waals surface area (Å²) >= 11 is 0. The van der Waals surface area contributed by atoms with E-state index < -0.39 is 0 Å². The summed E-state index contributed by atoms with van der Waals surface area (Å²) in [4.78, 5) is 5.06. The number of fused-ring (bicyclic) bond motifs is 2. The van der Waals surface area contributed by atoms with E-state index in [1.165, 1.54) is 50.7 Å². The zero-order valence-electron chi connectivity index (χ0n) is 20.6. The van der Waals surface area contributed by atoms with Crippen molar-refractivity contribution in [1.29, 1.82) is 0 Å². The van der Waals surface area contributed by atoms with Crippen LogP contribution >= 0.6 is 0 Å². The number of nitrogens with one attached hydrogen (secondary N) is 1. The number of nitrogens with zero attached hydrogens (tertiary/aromatic N) is 1. The molecule has 2 spiro atoms. The molecular formula is C27H46N2O. The highest BCUT2D eigenvalue weighted by Gasteiger charge is 2.81. The summed E-state index contributed by atoms with van der Waals surface area (Å²) in [5, 5.41) is 14.8. The molecule has 3 nitrogen and oxygen atoms in total. The Hall–Kier alpha value is -0.410. The van der Waals surface area contributed by atoms with Gasteiger partial charge in [-0.1, -0.05) is 20.8 Å². The minimum atomic E-state index is -0.151. The average Bonchev–Trinajstić information content (AvgIpc) is 3.29. The van der Waals surface area contributed by atoms with Crippen molar-refractivity contribution in [2.24, 2.45) is 50.3 Å². The maximum absolute atomic E-state index is 11.3. The fraction of sp³-hybridized carbons (Fsp3) is 0.963.